The zero-order valence-corrected chi connectivity index (χ0v) is 18.2. The lowest BCUT2D eigenvalue weighted by atomic mass is 9.85. The average Bonchev–Trinajstić information content (AvgIpc) is 3.36. The summed E-state index contributed by atoms with van der Waals surface area (Å²) in [6.45, 7) is 4.59. The summed E-state index contributed by atoms with van der Waals surface area (Å²) in [6.07, 6.45) is -0.248. The molecule has 162 valence electrons. The van der Waals surface area contributed by atoms with Gasteiger partial charge in [0, 0.05) is 0 Å². The van der Waals surface area contributed by atoms with Gasteiger partial charge in [0.25, 0.3) is 0 Å². The Morgan fingerprint density at radius 3 is 1.77 bits per heavy atom. The number of hydrogen-bond acceptors (Lipinski definition) is 7. The van der Waals surface area contributed by atoms with Crippen LogP contribution in [0.2, 0.25) is 0 Å². The van der Waals surface area contributed by atoms with Gasteiger partial charge in [-0.05, 0) is 47.2 Å². The molecule has 2 aliphatic heterocycles. The maximum absolute atomic E-state index is 6.59. The molecular formula is C23H28O7. The Kier molecular flexibility index (Phi) is 5.56. The molecule has 4 rings (SSSR count). The fourth-order valence-electron chi connectivity index (χ4n) is 4.30. The lowest BCUT2D eigenvalue weighted by Crippen LogP contribution is -2.10. The largest absolute Gasteiger partial charge is 0.493 e. The van der Waals surface area contributed by atoms with Gasteiger partial charge in [-0.2, -0.15) is 0 Å². The van der Waals surface area contributed by atoms with Gasteiger partial charge in [-0.1, -0.05) is 13.8 Å². The van der Waals surface area contributed by atoms with Crippen LogP contribution in [0.25, 0.3) is 0 Å². The minimum Gasteiger partial charge on any atom is -0.493 e. The predicted molar refractivity (Wildman–Crippen MR) is 110 cm³/mol. The molecule has 0 unspecified atom stereocenters. The van der Waals surface area contributed by atoms with Crippen LogP contribution in [0.4, 0.5) is 0 Å². The van der Waals surface area contributed by atoms with E-state index in [4.69, 9.17) is 33.2 Å². The van der Waals surface area contributed by atoms with Gasteiger partial charge < -0.3 is 33.2 Å². The molecule has 7 heteroatoms. The zero-order valence-electron chi connectivity index (χ0n) is 18.2. The molecule has 0 aromatic heterocycles. The van der Waals surface area contributed by atoms with Crippen molar-refractivity contribution in [1.29, 1.82) is 0 Å². The molecule has 0 bridgehead atoms. The van der Waals surface area contributed by atoms with Gasteiger partial charge in [-0.15, -0.1) is 0 Å². The van der Waals surface area contributed by atoms with Gasteiger partial charge in [0.2, 0.25) is 18.3 Å². The highest BCUT2D eigenvalue weighted by molar-refractivity contribution is 5.56. The molecule has 0 saturated carbocycles. The van der Waals surface area contributed by atoms with Gasteiger partial charge in [0.05, 0.1) is 40.6 Å². The van der Waals surface area contributed by atoms with Crippen LogP contribution in [-0.4, -0.2) is 35.2 Å². The SMILES string of the molecule is COc1cc([C@H]2O[C@H](c3cc(OC)c4c(c3)OCO4)[C@H](C)[C@H]2C)cc(OC)c1OC. The van der Waals surface area contributed by atoms with E-state index in [2.05, 4.69) is 13.8 Å². The van der Waals surface area contributed by atoms with E-state index in [0.717, 1.165) is 11.1 Å². The van der Waals surface area contributed by atoms with Crippen molar-refractivity contribution in [2.24, 2.45) is 11.8 Å². The van der Waals surface area contributed by atoms with Crippen LogP contribution in [0.5, 0.6) is 34.5 Å². The first-order chi connectivity index (χ1) is 14.5. The Balaban J connectivity index is 1.69. The normalized spacial score (nSPS) is 24.6. The van der Waals surface area contributed by atoms with Crippen molar-refractivity contribution in [3.63, 3.8) is 0 Å². The number of hydrogen-bond donors (Lipinski definition) is 0. The quantitative estimate of drug-likeness (QED) is 0.685. The molecule has 30 heavy (non-hydrogen) atoms. The predicted octanol–water partition coefficient (Wildman–Crippen LogP) is 4.53. The van der Waals surface area contributed by atoms with Crippen molar-refractivity contribution in [2.45, 2.75) is 26.1 Å². The molecule has 2 aliphatic rings. The van der Waals surface area contributed by atoms with Crippen molar-refractivity contribution < 1.29 is 33.2 Å². The number of fused-ring (bicyclic) bond motifs is 1. The summed E-state index contributed by atoms with van der Waals surface area (Å²) in [5.41, 5.74) is 1.99. The Hall–Kier alpha value is -2.80. The first-order valence-corrected chi connectivity index (χ1v) is 9.95. The minimum absolute atomic E-state index is 0.118. The molecule has 2 aromatic carbocycles. The summed E-state index contributed by atoms with van der Waals surface area (Å²) >= 11 is 0. The molecule has 4 atom stereocenters. The van der Waals surface area contributed by atoms with E-state index in [9.17, 15) is 0 Å². The summed E-state index contributed by atoms with van der Waals surface area (Å²) in [5, 5.41) is 0. The van der Waals surface area contributed by atoms with Gasteiger partial charge in [-0.25, -0.2) is 0 Å². The minimum atomic E-state index is -0.130. The number of methoxy groups -OCH3 is 4. The molecule has 0 amide bonds. The molecule has 2 heterocycles. The van der Waals surface area contributed by atoms with Gasteiger partial charge in [0.1, 0.15) is 0 Å². The lowest BCUT2D eigenvalue weighted by Gasteiger charge is -2.20. The second kappa shape index (κ2) is 8.14. The summed E-state index contributed by atoms with van der Waals surface area (Å²) in [4.78, 5) is 0. The molecule has 7 nitrogen and oxygen atoms in total. The maximum atomic E-state index is 6.59. The maximum Gasteiger partial charge on any atom is 0.231 e. The molecule has 1 fully saturated rings. The Bertz CT molecular complexity index is 901. The third kappa shape index (κ3) is 3.27. The van der Waals surface area contributed by atoms with Crippen molar-refractivity contribution in [2.75, 3.05) is 35.2 Å². The van der Waals surface area contributed by atoms with Crippen LogP contribution in [0.15, 0.2) is 24.3 Å². The highest BCUT2D eigenvalue weighted by Crippen LogP contribution is 2.53. The number of benzene rings is 2. The van der Waals surface area contributed by atoms with Crippen molar-refractivity contribution in [3.8, 4) is 34.5 Å². The monoisotopic (exact) mass is 416 g/mol. The third-order valence-electron chi connectivity index (χ3n) is 6.10. The second-order valence-corrected chi connectivity index (χ2v) is 7.61. The fourth-order valence-corrected chi connectivity index (χ4v) is 4.30. The molecule has 0 N–H and O–H groups in total. The molecule has 0 spiro atoms. The van der Waals surface area contributed by atoms with Gasteiger partial charge >= 0.3 is 0 Å². The molecule has 0 radical (unpaired) electrons. The molecule has 0 aliphatic carbocycles. The Morgan fingerprint density at radius 1 is 0.700 bits per heavy atom. The van der Waals surface area contributed by atoms with E-state index in [1.807, 2.05) is 24.3 Å². The highest BCUT2D eigenvalue weighted by Gasteiger charge is 2.42. The summed E-state index contributed by atoms with van der Waals surface area (Å²) in [7, 11) is 6.45. The summed E-state index contributed by atoms with van der Waals surface area (Å²) < 4.78 is 39.7. The van der Waals surface area contributed by atoms with E-state index < -0.39 is 0 Å². The lowest BCUT2D eigenvalue weighted by molar-refractivity contribution is 0.0286. The van der Waals surface area contributed by atoms with E-state index in [1.54, 1.807) is 28.4 Å². The zero-order chi connectivity index (χ0) is 21.4. The Labute approximate surface area is 176 Å². The van der Waals surface area contributed by atoms with Crippen LogP contribution in [0, 0.1) is 11.8 Å². The highest BCUT2D eigenvalue weighted by atomic mass is 16.7. The van der Waals surface area contributed by atoms with E-state index in [1.165, 1.54) is 0 Å². The van der Waals surface area contributed by atoms with E-state index in [-0.39, 0.29) is 30.8 Å². The van der Waals surface area contributed by atoms with Crippen LogP contribution >= 0.6 is 0 Å². The van der Waals surface area contributed by atoms with Crippen LogP contribution in [0.1, 0.15) is 37.2 Å². The van der Waals surface area contributed by atoms with Crippen molar-refractivity contribution in [1.82, 2.24) is 0 Å². The van der Waals surface area contributed by atoms with Crippen molar-refractivity contribution in [3.05, 3.63) is 35.4 Å². The standard InChI is InChI=1S/C23H28O7/c1-12-13(2)21(15-9-18(26-5)23-19(10-15)28-11-29-23)30-20(12)14-7-16(24-3)22(27-6)17(8-14)25-4/h7-10,12-13,20-21H,11H2,1-6H3/t12-,13-,20+,21+/m1/s1. The summed E-state index contributed by atoms with van der Waals surface area (Å²) in [6, 6.07) is 7.87. The van der Waals surface area contributed by atoms with Crippen LogP contribution < -0.4 is 28.4 Å². The van der Waals surface area contributed by atoms with Crippen LogP contribution in [-0.2, 0) is 4.74 Å². The second-order valence-electron chi connectivity index (χ2n) is 7.61. The van der Waals surface area contributed by atoms with Gasteiger partial charge in [-0.3, -0.25) is 0 Å². The average molecular weight is 416 g/mol. The Morgan fingerprint density at radius 2 is 1.23 bits per heavy atom. The van der Waals surface area contributed by atoms with E-state index in [0.29, 0.717) is 34.5 Å². The van der Waals surface area contributed by atoms with Crippen molar-refractivity contribution >= 4 is 0 Å². The smallest absolute Gasteiger partial charge is 0.231 e. The fraction of sp³-hybridized carbons (Fsp3) is 0.478. The summed E-state index contributed by atoms with van der Waals surface area (Å²) in [5.74, 6) is 4.30. The first kappa shape index (κ1) is 20.5. The molecule has 1 saturated heterocycles. The number of ether oxygens (including phenoxy) is 7. The topological polar surface area (TPSA) is 64.6 Å². The third-order valence-corrected chi connectivity index (χ3v) is 6.10. The van der Waals surface area contributed by atoms with E-state index >= 15 is 0 Å². The number of rotatable bonds is 6. The van der Waals surface area contributed by atoms with Gasteiger partial charge in [0.15, 0.2) is 23.0 Å². The molecular weight excluding hydrogens is 388 g/mol. The first-order valence-electron chi connectivity index (χ1n) is 9.95. The van der Waals surface area contributed by atoms with Crippen LogP contribution in [0.3, 0.4) is 0 Å². The molecule has 2 aromatic rings.